The highest BCUT2D eigenvalue weighted by Gasteiger charge is 2.30. The van der Waals surface area contributed by atoms with Crippen LogP contribution in [0.2, 0.25) is 5.02 Å². The van der Waals surface area contributed by atoms with Crippen LogP contribution in [0, 0.1) is 5.92 Å². The molecule has 0 radical (unpaired) electrons. The van der Waals surface area contributed by atoms with Gasteiger partial charge in [-0.05, 0) is 80.9 Å². The third kappa shape index (κ3) is 6.58. The Morgan fingerprint density at radius 3 is 2.80 bits per heavy atom. The average molecular weight is 500 g/mol. The van der Waals surface area contributed by atoms with Crippen molar-refractivity contribution in [3.05, 3.63) is 57.6 Å². The largest absolute Gasteiger partial charge is 0.480 e. The molecule has 0 saturated heterocycles. The number of carbonyl (C=O) groups excluding carboxylic acids is 1. The van der Waals surface area contributed by atoms with Crippen LogP contribution in [-0.4, -0.2) is 45.7 Å². The second-order valence-corrected chi connectivity index (χ2v) is 10.1. The van der Waals surface area contributed by atoms with Crippen molar-refractivity contribution in [1.82, 2.24) is 15.3 Å². The zero-order chi connectivity index (χ0) is 24.8. The maximum atomic E-state index is 12.7. The number of carboxylic acid groups (broad SMARTS) is 1. The van der Waals surface area contributed by atoms with Gasteiger partial charge in [-0.25, -0.2) is 4.79 Å². The van der Waals surface area contributed by atoms with E-state index in [1.807, 2.05) is 6.92 Å². The zero-order valence-corrected chi connectivity index (χ0v) is 21.0. The number of pyridine rings is 2. The number of carbonyl (C=O) groups is 2. The summed E-state index contributed by atoms with van der Waals surface area (Å²) < 4.78 is 5.90. The number of halogens is 1. The molecule has 0 aliphatic heterocycles. The molecule has 2 aliphatic carbocycles. The summed E-state index contributed by atoms with van der Waals surface area (Å²) >= 11 is 6.15. The van der Waals surface area contributed by atoms with Crippen LogP contribution in [0.4, 0.5) is 0 Å². The smallest absolute Gasteiger partial charge is 0.326 e. The van der Waals surface area contributed by atoms with Gasteiger partial charge in [0.25, 0.3) is 5.91 Å². The minimum atomic E-state index is -1.09. The van der Waals surface area contributed by atoms with Gasteiger partial charge in [-0.15, -0.1) is 0 Å². The average Bonchev–Trinajstić information content (AvgIpc) is 2.83. The van der Waals surface area contributed by atoms with Crippen LogP contribution in [0.1, 0.15) is 78.3 Å². The Balaban J connectivity index is 1.18. The third-order valence-electron chi connectivity index (χ3n) is 7.19. The number of hydrogen-bond acceptors (Lipinski definition) is 5. The number of hydrogen-bond donors (Lipinski definition) is 2. The molecule has 188 valence electrons. The lowest BCUT2D eigenvalue weighted by Gasteiger charge is -2.35. The SMILES string of the molecule is CCc1cncc(Cl)c1C(=O)N[C@@H](CCOC1CC(CCc2ccc3c(n2)CCCC3)C1)C(=O)O. The number of aryl methyl sites for hydroxylation is 4. The molecular formula is C27H34ClN3O4. The van der Waals surface area contributed by atoms with Crippen molar-refractivity contribution in [2.24, 2.45) is 5.92 Å². The Labute approximate surface area is 211 Å². The predicted octanol–water partition coefficient (Wildman–Crippen LogP) is 4.57. The van der Waals surface area contributed by atoms with Gasteiger partial charge in [-0.1, -0.05) is 24.6 Å². The molecule has 0 spiro atoms. The summed E-state index contributed by atoms with van der Waals surface area (Å²) in [5.41, 5.74) is 4.87. The fourth-order valence-electron chi connectivity index (χ4n) is 5.00. The number of ether oxygens (including phenoxy) is 1. The maximum absolute atomic E-state index is 12.7. The molecule has 35 heavy (non-hydrogen) atoms. The van der Waals surface area contributed by atoms with Crippen LogP contribution >= 0.6 is 11.6 Å². The van der Waals surface area contributed by atoms with Gasteiger partial charge in [0.15, 0.2) is 0 Å². The minimum Gasteiger partial charge on any atom is -0.480 e. The Hall–Kier alpha value is -2.51. The number of nitrogens with zero attached hydrogens (tertiary/aromatic N) is 2. The molecule has 4 rings (SSSR count). The first kappa shape index (κ1) is 25.6. The zero-order valence-electron chi connectivity index (χ0n) is 20.3. The monoisotopic (exact) mass is 499 g/mol. The summed E-state index contributed by atoms with van der Waals surface area (Å²) in [4.78, 5) is 33.3. The van der Waals surface area contributed by atoms with E-state index in [-0.39, 0.29) is 29.7 Å². The van der Waals surface area contributed by atoms with Crippen LogP contribution in [0.3, 0.4) is 0 Å². The quantitative estimate of drug-likeness (QED) is 0.469. The first-order valence-electron chi connectivity index (χ1n) is 12.7. The Bertz CT molecular complexity index is 1050. The maximum Gasteiger partial charge on any atom is 0.326 e. The third-order valence-corrected chi connectivity index (χ3v) is 7.47. The topological polar surface area (TPSA) is 101 Å². The van der Waals surface area contributed by atoms with E-state index in [4.69, 9.17) is 21.3 Å². The Morgan fingerprint density at radius 2 is 2.03 bits per heavy atom. The fourth-order valence-corrected chi connectivity index (χ4v) is 5.27. The van der Waals surface area contributed by atoms with E-state index >= 15 is 0 Å². The summed E-state index contributed by atoms with van der Waals surface area (Å²) in [6.07, 6.45) is 12.8. The standard InChI is InChI=1S/C27H34ClN3O4/c1-2-18-15-29-16-22(28)25(18)26(32)31-24(27(33)34)11-12-35-21-13-17(14-21)7-9-20-10-8-19-5-3-4-6-23(19)30-20/h8,10,15-17,21,24H,2-7,9,11-14H2,1H3,(H,31,32)(H,33,34)/t17?,21?,24-/m0/s1. The molecule has 2 aromatic heterocycles. The van der Waals surface area contributed by atoms with Gasteiger partial charge >= 0.3 is 5.97 Å². The van der Waals surface area contributed by atoms with E-state index in [1.165, 1.54) is 36.0 Å². The van der Waals surface area contributed by atoms with E-state index in [0.29, 0.717) is 17.9 Å². The van der Waals surface area contributed by atoms with Crippen molar-refractivity contribution in [2.75, 3.05) is 6.61 Å². The molecule has 1 atom stereocenters. The number of aromatic nitrogens is 2. The molecule has 2 aromatic rings. The Morgan fingerprint density at radius 1 is 1.23 bits per heavy atom. The summed E-state index contributed by atoms with van der Waals surface area (Å²) in [6.45, 7) is 2.17. The van der Waals surface area contributed by atoms with Gasteiger partial charge in [0.05, 0.1) is 16.7 Å². The summed E-state index contributed by atoms with van der Waals surface area (Å²) in [5, 5.41) is 12.4. The van der Waals surface area contributed by atoms with E-state index in [1.54, 1.807) is 6.20 Å². The van der Waals surface area contributed by atoms with E-state index in [0.717, 1.165) is 38.5 Å². The van der Waals surface area contributed by atoms with Crippen molar-refractivity contribution in [2.45, 2.75) is 83.3 Å². The molecule has 0 aromatic carbocycles. The normalized spacial score (nSPS) is 19.9. The van der Waals surface area contributed by atoms with Crippen LogP contribution in [-0.2, 0) is 35.2 Å². The number of fused-ring (bicyclic) bond motifs is 1. The number of aliphatic carboxylic acids is 1. The predicted molar refractivity (Wildman–Crippen MR) is 134 cm³/mol. The van der Waals surface area contributed by atoms with Crippen LogP contribution in [0.25, 0.3) is 0 Å². The first-order valence-corrected chi connectivity index (χ1v) is 13.1. The molecule has 2 heterocycles. The number of amides is 1. The molecule has 7 nitrogen and oxygen atoms in total. The lowest BCUT2D eigenvalue weighted by molar-refractivity contribution is -0.140. The molecule has 8 heteroatoms. The van der Waals surface area contributed by atoms with Crippen LogP contribution in [0.5, 0.6) is 0 Å². The van der Waals surface area contributed by atoms with Crippen LogP contribution in [0.15, 0.2) is 24.5 Å². The summed E-state index contributed by atoms with van der Waals surface area (Å²) in [6, 6.07) is 3.40. The summed E-state index contributed by atoms with van der Waals surface area (Å²) in [5.74, 6) is -0.968. The minimum absolute atomic E-state index is 0.156. The van der Waals surface area contributed by atoms with Gasteiger partial charge in [-0.3, -0.25) is 14.8 Å². The molecule has 0 bridgehead atoms. The van der Waals surface area contributed by atoms with Gasteiger partial charge in [-0.2, -0.15) is 0 Å². The molecule has 2 aliphatic rings. The second kappa shape index (κ2) is 12.0. The molecule has 0 unspecified atom stereocenters. The van der Waals surface area contributed by atoms with Crippen molar-refractivity contribution in [3.63, 3.8) is 0 Å². The molecular weight excluding hydrogens is 466 g/mol. The van der Waals surface area contributed by atoms with Crippen molar-refractivity contribution >= 4 is 23.5 Å². The van der Waals surface area contributed by atoms with Crippen LogP contribution < -0.4 is 5.32 Å². The molecule has 1 fully saturated rings. The fraction of sp³-hybridized carbons (Fsp3) is 0.556. The van der Waals surface area contributed by atoms with Gasteiger partial charge < -0.3 is 15.2 Å². The first-order chi connectivity index (χ1) is 16.9. The summed E-state index contributed by atoms with van der Waals surface area (Å²) in [7, 11) is 0. The number of carboxylic acids is 1. The van der Waals surface area contributed by atoms with Gasteiger partial charge in [0.2, 0.25) is 0 Å². The highest BCUT2D eigenvalue weighted by molar-refractivity contribution is 6.34. The number of rotatable bonds is 11. The van der Waals surface area contributed by atoms with Crippen molar-refractivity contribution in [3.8, 4) is 0 Å². The van der Waals surface area contributed by atoms with Gasteiger partial charge in [0, 0.05) is 36.8 Å². The number of nitrogens with one attached hydrogen (secondary N) is 1. The van der Waals surface area contributed by atoms with E-state index in [2.05, 4.69) is 22.4 Å². The second-order valence-electron chi connectivity index (χ2n) is 9.65. The van der Waals surface area contributed by atoms with E-state index < -0.39 is 17.9 Å². The highest BCUT2D eigenvalue weighted by Crippen LogP contribution is 2.34. The van der Waals surface area contributed by atoms with E-state index in [9.17, 15) is 14.7 Å². The molecule has 2 N–H and O–H groups in total. The lowest BCUT2D eigenvalue weighted by Crippen LogP contribution is -2.42. The highest BCUT2D eigenvalue weighted by atomic mass is 35.5. The van der Waals surface area contributed by atoms with Crippen molar-refractivity contribution < 1.29 is 19.4 Å². The van der Waals surface area contributed by atoms with Gasteiger partial charge in [0.1, 0.15) is 6.04 Å². The Kier molecular flexibility index (Phi) is 8.74. The lowest BCUT2D eigenvalue weighted by atomic mass is 9.79. The molecule has 1 saturated carbocycles. The van der Waals surface area contributed by atoms with Crippen molar-refractivity contribution in [1.29, 1.82) is 0 Å². The molecule has 1 amide bonds.